The average Bonchev–Trinajstić information content (AvgIpc) is 2.67. The van der Waals surface area contributed by atoms with Gasteiger partial charge in [-0.1, -0.05) is 0 Å². The van der Waals surface area contributed by atoms with Gasteiger partial charge in [-0.15, -0.1) is 0 Å². The molecule has 0 aromatic carbocycles. The lowest BCUT2D eigenvalue weighted by Crippen LogP contribution is -2.08. The molecule has 84 valence electrons. The number of anilines is 1. The zero-order chi connectivity index (χ0) is 11.4. The number of aryl methyl sites for hydroxylation is 1. The lowest BCUT2D eigenvalue weighted by atomic mass is 10.4. The Morgan fingerprint density at radius 1 is 1.31 bits per heavy atom. The van der Waals surface area contributed by atoms with Gasteiger partial charge in [0.25, 0.3) is 0 Å². The van der Waals surface area contributed by atoms with Crippen molar-refractivity contribution in [2.45, 2.75) is 6.42 Å². The first-order valence-corrected chi connectivity index (χ1v) is 5.59. The Morgan fingerprint density at radius 2 is 2.06 bits per heavy atom. The van der Waals surface area contributed by atoms with Gasteiger partial charge in [0, 0.05) is 32.4 Å². The molecule has 0 unspecified atom stereocenters. The summed E-state index contributed by atoms with van der Waals surface area (Å²) in [5.74, 6) is 1.42. The molecule has 2 rings (SSSR count). The molecular weight excluding hydrogens is 272 g/mol. The number of halogens is 1. The zero-order valence-corrected chi connectivity index (χ0v) is 10.3. The molecule has 1 N–H and O–H groups in total. The minimum absolute atomic E-state index is 0.610. The zero-order valence-electron chi connectivity index (χ0n) is 8.76. The molecular formula is C9H11BrN6. The van der Waals surface area contributed by atoms with Crippen LogP contribution in [0.15, 0.2) is 23.2 Å². The molecule has 0 saturated heterocycles. The lowest BCUT2D eigenvalue weighted by Gasteiger charge is -2.01. The molecule has 0 aliphatic rings. The summed E-state index contributed by atoms with van der Waals surface area (Å²) in [7, 11) is 1.85. The highest BCUT2D eigenvalue weighted by atomic mass is 79.9. The van der Waals surface area contributed by atoms with E-state index >= 15 is 0 Å². The normalized spacial score (nSPS) is 10.4. The summed E-state index contributed by atoms with van der Waals surface area (Å²) in [5.41, 5.74) is 0. The van der Waals surface area contributed by atoms with E-state index in [1.165, 1.54) is 0 Å². The van der Waals surface area contributed by atoms with Gasteiger partial charge in [-0.2, -0.15) is 5.10 Å². The van der Waals surface area contributed by atoms with Crippen molar-refractivity contribution in [3.8, 4) is 0 Å². The number of nitrogens with one attached hydrogen (secondary N) is 1. The SMILES string of the molecule is Cn1cnc(CCNc2ncc(Br)cn2)n1. The Morgan fingerprint density at radius 3 is 2.69 bits per heavy atom. The van der Waals surface area contributed by atoms with Crippen molar-refractivity contribution in [1.29, 1.82) is 0 Å². The van der Waals surface area contributed by atoms with Crippen molar-refractivity contribution >= 4 is 21.9 Å². The van der Waals surface area contributed by atoms with Gasteiger partial charge in [0.05, 0.1) is 4.47 Å². The van der Waals surface area contributed by atoms with Crippen LogP contribution in [-0.4, -0.2) is 31.3 Å². The maximum absolute atomic E-state index is 4.17. The minimum atomic E-state index is 0.610. The summed E-state index contributed by atoms with van der Waals surface area (Å²) in [6.45, 7) is 0.714. The number of rotatable bonds is 4. The van der Waals surface area contributed by atoms with Crippen molar-refractivity contribution in [2.24, 2.45) is 7.05 Å². The van der Waals surface area contributed by atoms with Crippen molar-refractivity contribution in [3.63, 3.8) is 0 Å². The fourth-order valence-electron chi connectivity index (χ4n) is 1.19. The summed E-state index contributed by atoms with van der Waals surface area (Å²) >= 11 is 3.28. The Balaban J connectivity index is 1.82. The first-order valence-electron chi connectivity index (χ1n) is 4.80. The van der Waals surface area contributed by atoms with Gasteiger partial charge in [-0.25, -0.2) is 15.0 Å². The molecule has 16 heavy (non-hydrogen) atoms. The Hall–Kier alpha value is -1.50. The highest BCUT2D eigenvalue weighted by Gasteiger charge is 1.99. The lowest BCUT2D eigenvalue weighted by molar-refractivity contribution is 0.741. The molecule has 0 saturated carbocycles. The number of hydrogen-bond donors (Lipinski definition) is 1. The largest absolute Gasteiger partial charge is 0.354 e. The quantitative estimate of drug-likeness (QED) is 0.907. The van der Waals surface area contributed by atoms with Crippen LogP contribution in [0.3, 0.4) is 0 Å². The van der Waals surface area contributed by atoms with Gasteiger partial charge in [0.2, 0.25) is 5.95 Å². The van der Waals surface area contributed by atoms with Crippen LogP contribution in [0.2, 0.25) is 0 Å². The van der Waals surface area contributed by atoms with E-state index in [0.29, 0.717) is 12.5 Å². The predicted molar refractivity (Wildman–Crippen MR) is 62.9 cm³/mol. The second kappa shape index (κ2) is 5.02. The van der Waals surface area contributed by atoms with E-state index in [9.17, 15) is 0 Å². The van der Waals surface area contributed by atoms with Gasteiger partial charge in [0.15, 0.2) is 5.82 Å². The van der Waals surface area contributed by atoms with Gasteiger partial charge in [0.1, 0.15) is 6.33 Å². The molecule has 2 heterocycles. The molecule has 0 aliphatic heterocycles. The van der Waals surface area contributed by atoms with Crippen LogP contribution in [0.25, 0.3) is 0 Å². The summed E-state index contributed by atoms with van der Waals surface area (Å²) in [5, 5.41) is 7.27. The van der Waals surface area contributed by atoms with Crippen LogP contribution in [0.5, 0.6) is 0 Å². The standard InChI is InChI=1S/C9H11BrN6/c1-16-6-14-8(15-16)2-3-11-9-12-4-7(10)5-13-9/h4-6H,2-3H2,1H3,(H,11,12,13). The van der Waals surface area contributed by atoms with Crippen LogP contribution in [0.4, 0.5) is 5.95 Å². The fourth-order valence-corrected chi connectivity index (χ4v) is 1.39. The smallest absolute Gasteiger partial charge is 0.222 e. The summed E-state index contributed by atoms with van der Waals surface area (Å²) in [6.07, 6.45) is 5.84. The molecule has 2 aromatic heterocycles. The van der Waals surface area contributed by atoms with Gasteiger partial charge < -0.3 is 5.32 Å². The Kier molecular flexibility index (Phi) is 3.45. The second-order valence-corrected chi connectivity index (χ2v) is 4.15. The van der Waals surface area contributed by atoms with E-state index < -0.39 is 0 Å². The van der Waals surface area contributed by atoms with Gasteiger partial charge in [-0.3, -0.25) is 4.68 Å². The molecule has 7 heteroatoms. The van der Waals surface area contributed by atoms with E-state index in [0.717, 1.165) is 16.7 Å². The molecule has 0 amide bonds. The minimum Gasteiger partial charge on any atom is -0.354 e. The fraction of sp³-hybridized carbons (Fsp3) is 0.333. The Labute approximate surface area is 101 Å². The van der Waals surface area contributed by atoms with Crippen molar-refractivity contribution in [1.82, 2.24) is 24.7 Å². The molecule has 0 radical (unpaired) electrons. The first-order chi connectivity index (χ1) is 7.74. The number of hydrogen-bond acceptors (Lipinski definition) is 5. The molecule has 6 nitrogen and oxygen atoms in total. The first kappa shape index (κ1) is 11.0. The monoisotopic (exact) mass is 282 g/mol. The van der Waals surface area contributed by atoms with Crippen LogP contribution >= 0.6 is 15.9 Å². The highest BCUT2D eigenvalue weighted by Crippen LogP contribution is 2.06. The van der Waals surface area contributed by atoms with Crippen molar-refractivity contribution in [3.05, 3.63) is 29.0 Å². The molecule has 2 aromatic rings. The van der Waals surface area contributed by atoms with E-state index in [1.807, 2.05) is 7.05 Å². The summed E-state index contributed by atoms with van der Waals surface area (Å²) < 4.78 is 2.55. The van der Waals surface area contributed by atoms with Crippen molar-refractivity contribution < 1.29 is 0 Å². The third kappa shape index (κ3) is 2.99. The van der Waals surface area contributed by atoms with Crippen LogP contribution in [-0.2, 0) is 13.5 Å². The van der Waals surface area contributed by atoms with E-state index in [-0.39, 0.29) is 0 Å². The van der Waals surface area contributed by atoms with Gasteiger partial charge in [-0.05, 0) is 15.9 Å². The second-order valence-electron chi connectivity index (χ2n) is 3.24. The highest BCUT2D eigenvalue weighted by molar-refractivity contribution is 9.10. The Bertz CT molecular complexity index is 451. The van der Waals surface area contributed by atoms with E-state index in [4.69, 9.17) is 0 Å². The molecule has 0 atom stereocenters. The third-order valence-corrected chi connectivity index (χ3v) is 2.31. The maximum Gasteiger partial charge on any atom is 0.222 e. The van der Waals surface area contributed by atoms with Crippen LogP contribution in [0, 0.1) is 0 Å². The average molecular weight is 283 g/mol. The van der Waals surface area contributed by atoms with Gasteiger partial charge >= 0.3 is 0 Å². The molecule has 0 spiro atoms. The number of nitrogens with zero attached hydrogens (tertiary/aromatic N) is 5. The summed E-state index contributed by atoms with van der Waals surface area (Å²) in [6, 6.07) is 0. The van der Waals surface area contributed by atoms with Crippen LogP contribution < -0.4 is 5.32 Å². The maximum atomic E-state index is 4.17. The topological polar surface area (TPSA) is 68.5 Å². The van der Waals surface area contributed by atoms with E-state index in [1.54, 1.807) is 23.4 Å². The molecule has 0 aliphatic carbocycles. The third-order valence-electron chi connectivity index (χ3n) is 1.90. The van der Waals surface area contributed by atoms with Crippen molar-refractivity contribution in [2.75, 3.05) is 11.9 Å². The summed E-state index contributed by atoms with van der Waals surface area (Å²) in [4.78, 5) is 12.3. The number of aromatic nitrogens is 5. The van der Waals surface area contributed by atoms with E-state index in [2.05, 4.69) is 41.3 Å². The van der Waals surface area contributed by atoms with Crippen LogP contribution in [0.1, 0.15) is 5.82 Å². The predicted octanol–water partition coefficient (Wildman–Crippen LogP) is 1.02. The molecule has 0 fully saturated rings. The molecule has 0 bridgehead atoms.